The number of esters is 1. The number of hydrogen-bond donors (Lipinski definition) is 2. The number of nitrogens with one attached hydrogen (secondary N) is 1. The number of aliphatic carboxylic acids is 1. The van der Waals surface area contributed by atoms with E-state index < -0.39 is 23.9 Å². The molecule has 0 spiro atoms. The molecule has 1 amide bonds. The third-order valence-corrected chi connectivity index (χ3v) is 8.73. The molecule has 224 valence electrons. The lowest BCUT2D eigenvalue weighted by Gasteiger charge is -2.16. The highest BCUT2D eigenvalue weighted by Crippen LogP contribution is 2.45. The predicted molar refractivity (Wildman–Crippen MR) is 167 cm³/mol. The van der Waals surface area contributed by atoms with Crippen LogP contribution in [0, 0.1) is 5.92 Å². The summed E-state index contributed by atoms with van der Waals surface area (Å²) in [7, 11) is 0. The van der Waals surface area contributed by atoms with E-state index in [0.717, 1.165) is 33.4 Å². The number of benzene rings is 4. The second kappa shape index (κ2) is 13.2. The maximum Gasteiger partial charge on any atom is 0.407 e. The summed E-state index contributed by atoms with van der Waals surface area (Å²) in [5.41, 5.74) is 9.14. The summed E-state index contributed by atoms with van der Waals surface area (Å²) >= 11 is 0. The van der Waals surface area contributed by atoms with Crippen LogP contribution in [0.1, 0.15) is 59.8 Å². The summed E-state index contributed by atoms with van der Waals surface area (Å²) < 4.78 is 11.2. The average molecular weight is 590 g/mol. The molecular formula is C37H35NO6. The van der Waals surface area contributed by atoms with Gasteiger partial charge in [-0.25, -0.2) is 4.79 Å². The third-order valence-electron chi connectivity index (χ3n) is 8.73. The number of amides is 1. The van der Waals surface area contributed by atoms with Crippen LogP contribution < -0.4 is 5.32 Å². The molecule has 0 aromatic heterocycles. The van der Waals surface area contributed by atoms with E-state index in [1.54, 1.807) is 0 Å². The van der Waals surface area contributed by atoms with Gasteiger partial charge in [0.05, 0.1) is 12.3 Å². The van der Waals surface area contributed by atoms with Crippen LogP contribution in [0.2, 0.25) is 0 Å². The van der Waals surface area contributed by atoms with Crippen molar-refractivity contribution in [2.45, 2.75) is 37.5 Å². The van der Waals surface area contributed by atoms with E-state index in [4.69, 9.17) is 9.47 Å². The molecule has 4 aromatic rings. The topological polar surface area (TPSA) is 102 Å². The molecule has 4 aromatic carbocycles. The van der Waals surface area contributed by atoms with Crippen molar-refractivity contribution in [2.24, 2.45) is 5.92 Å². The van der Waals surface area contributed by atoms with E-state index in [-0.39, 0.29) is 31.5 Å². The van der Waals surface area contributed by atoms with Crippen LogP contribution in [0.25, 0.3) is 22.3 Å². The Labute approximate surface area is 256 Å². The fraction of sp³-hybridized carbons (Fsp3) is 0.270. The molecule has 0 saturated heterocycles. The van der Waals surface area contributed by atoms with Crippen LogP contribution in [0.4, 0.5) is 4.79 Å². The molecule has 7 nitrogen and oxygen atoms in total. The fourth-order valence-electron chi connectivity index (χ4n) is 6.54. The summed E-state index contributed by atoms with van der Waals surface area (Å²) in [4.78, 5) is 37.0. The summed E-state index contributed by atoms with van der Waals surface area (Å²) in [6.07, 6.45) is 0.729. The molecule has 0 radical (unpaired) electrons. The number of carboxylic acid groups (broad SMARTS) is 1. The molecule has 0 aliphatic heterocycles. The van der Waals surface area contributed by atoms with Crippen LogP contribution >= 0.6 is 0 Å². The van der Waals surface area contributed by atoms with E-state index in [2.05, 4.69) is 41.7 Å². The Morgan fingerprint density at radius 1 is 0.636 bits per heavy atom. The number of fused-ring (bicyclic) bond motifs is 6. The molecule has 0 saturated carbocycles. The third kappa shape index (κ3) is 6.09. The van der Waals surface area contributed by atoms with Gasteiger partial charge in [0.2, 0.25) is 0 Å². The van der Waals surface area contributed by atoms with E-state index in [1.807, 2.05) is 60.7 Å². The number of carbonyl (C=O) groups is 3. The Kier molecular flexibility index (Phi) is 8.73. The maximum absolute atomic E-state index is 12.7. The van der Waals surface area contributed by atoms with Gasteiger partial charge in [0.15, 0.2) is 0 Å². The molecule has 7 heteroatoms. The number of ether oxygens (including phenoxy) is 2. The Morgan fingerprint density at radius 2 is 1.07 bits per heavy atom. The van der Waals surface area contributed by atoms with Gasteiger partial charge in [-0.05, 0) is 57.3 Å². The molecule has 0 heterocycles. The highest BCUT2D eigenvalue weighted by molar-refractivity contribution is 5.81. The number of rotatable bonds is 12. The van der Waals surface area contributed by atoms with E-state index in [1.165, 1.54) is 11.1 Å². The molecule has 0 fully saturated rings. The first-order valence-electron chi connectivity index (χ1n) is 15.2. The van der Waals surface area contributed by atoms with Crippen molar-refractivity contribution in [3.63, 3.8) is 0 Å². The van der Waals surface area contributed by atoms with Crippen LogP contribution in [0.5, 0.6) is 0 Å². The fourth-order valence-corrected chi connectivity index (χ4v) is 6.54. The zero-order chi connectivity index (χ0) is 30.5. The Bertz CT molecular complexity index is 1590. The normalized spacial score (nSPS) is 13.7. The molecule has 2 aliphatic carbocycles. The molecule has 2 aliphatic rings. The summed E-state index contributed by atoms with van der Waals surface area (Å²) in [6, 6.07) is 32.5. The first-order valence-corrected chi connectivity index (χ1v) is 15.2. The van der Waals surface area contributed by atoms with Crippen molar-refractivity contribution in [1.29, 1.82) is 0 Å². The van der Waals surface area contributed by atoms with Gasteiger partial charge in [-0.3, -0.25) is 9.59 Å². The van der Waals surface area contributed by atoms with Gasteiger partial charge in [0.1, 0.15) is 13.2 Å². The van der Waals surface area contributed by atoms with Gasteiger partial charge >= 0.3 is 18.0 Å². The number of carbonyl (C=O) groups excluding carboxylic acids is 2. The minimum atomic E-state index is -1.02. The van der Waals surface area contributed by atoms with E-state index >= 15 is 0 Å². The molecule has 0 unspecified atom stereocenters. The smallest absolute Gasteiger partial charge is 0.407 e. The molecule has 6 rings (SSSR count). The average Bonchev–Trinajstić information content (AvgIpc) is 3.54. The first-order chi connectivity index (χ1) is 21.5. The Balaban J connectivity index is 0.925. The summed E-state index contributed by atoms with van der Waals surface area (Å²) in [5, 5.41) is 12.5. The lowest BCUT2D eigenvalue weighted by atomic mass is 9.97. The van der Waals surface area contributed by atoms with Crippen LogP contribution in [-0.4, -0.2) is 42.9 Å². The highest BCUT2D eigenvalue weighted by Gasteiger charge is 2.31. The summed E-state index contributed by atoms with van der Waals surface area (Å²) in [5.74, 6) is -2.47. The Morgan fingerprint density at radius 3 is 1.52 bits per heavy atom. The van der Waals surface area contributed by atoms with Gasteiger partial charge in [-0.1, -0.05) is 103 Å². The first kappa shape index (κ1) is 29.2. The van der Waals surface area contributed by atoms with E-state index in [0.29, 0.717) is 25.8 Å². The number of alkyl carbamates (subject to hydrolysis) is 1. The zero-order valence-electron chi connectivity index (χ0n) is 24.4. The number of unbranched alkanes of at least 4 members (excludes halogenated alkanes) is 1. The lowest BCUT2D eigenvalue weighted by molar-refractivity contribution is -0.152. The van der Waals surface area contributed by atoms with Gasteiger partial charge in [0, 0.05) is 18.4 Å². The Hall–Kier alpha value is -4.91. The standard InChI is InChI=1S/C37H35NO6/c39-35(43-22-33-29-16-5-1-12-25(29)26-13-2-6-17-30(26)33)21-24(36(40)41)11-9-10-20-38-37(42)44-23-34-31-18-7-3-14-27(31)28-15-4-8-19-32(28)34/h1-8,12-19,24,33-34H,9-11,20-23H2,(H,38,42)(H,40,41)/t24-/m1/s1. The van der Waals surface area contributed by atoms with Crippen LogP contribution in [0.3, 0.4) is 0 Å². The molecular weight excluding hydrogens is 554 g/mol. The van der Waals surface area contributed by atoms with Crippen molar-refractivity contribution >= 4 is 18.0 Å². The van der Waals surface area contributed by atoms with Crippen molar-refractivity contribution < 1.29 is 29.0 Å². The largest absolute Gasteiger partial charge is 0.481 e. The second-order valence-corrected chi connectivity index (χ2v) is 11.4. The number of carboxylic acids is 1. The SMILES string of the molecule is O=C(C[C@@H](CCCCNC(=O)OCC1c2ccccc2-c2ccccc21)C(=O)O)OCC1c2ccccc2-c2ccccc21. The van der Waals surface area contributed by atoms with Gasteiger partial charge in [-0.2, -0.15) is 0 Å². The summed E-state index contributed by atoms with van der Waals surface area (Å²) in [6.45, 7) is 0.762. The number of hydrogen-bond acceptors (Lipinski definition) is 5. The van der Waals surface area contributed by atoms with Crippen molar-refractivity contribution in [3.05, 3.63) is 119 Å². The lowest BCUT2D eigenvalue weighted by Crippen LogP contribution is -2.27. The highest BCUT2D eigenvalue weighted by atomic mass is 16.5. The van der Waals surface area contributed by atoms with Gasteiger partial charge in [0.25, 0.3) is 0 Å². The minimum Gasteiger partial charge on any atom is -0.481 e. The zero-order valence-corrected chi connectivity index (χ0v) is 24.4. The molecule has 44 heavy (non-hydrogen) atoms. The molecule has 0 bridgehead atoms. The van der Waals surface area contributed by atoms with Crippen molar-refractivity contribution in [1.82, 2.24) is 5.32 Å². The van der Waals surface area contributed by atoms with Gasteiger partial charge in [-0.15, -0.1) is 0 Å². The van der Waals surface area contributed by atoms with Crippen molar-refractivity contribution in [3.8, 4) is 22.3 Å². The van der Waals surface area contributed by atoms with Crippen LogP contribution in [-0.2, 0) is 19.1 Å². The molecule has 1 atom stereocenters. The predicted octanol–water partition coefficient (Wildman–Crippen LogP) is 7.14. The quantitative estimate of drug-likeness (QED) is 0.135. The van der Waals surface area contributed by atoms with Gasteiger partial charge < -0.3 is 19.9 Å². The minimum absolute atomic E-state index is 0.0117. The van der Waals surface area contributed by atoms with Crippen molar-refractivity contribution in [2.75, 3.05) is 19.8 Å². The second-order valence-electron chi connectivity index (χ2n) is 11.4. The maximum atomic E-state index is 12.7. The monoisotopic (exact) mass is 589 g/mol. The molecule has 2 N–H and O–H groups in total. The van der Waals surface area contributed by atoms with Crippen LogP contribution in [0.15, 0.2) is 97.1 Å². The van der Waals surface area contributed by atoms with E-state index in [9.17, 15) is 19.5 Å².